The number of nitrogens with one attached hydrogen (secondary N) is 1. The van der Waals surface area contributed by atoms with Crippen molar-refractivity contribution in [3.63, 3.8) is 0 Å². The second-order valence-corrected chi connectivity index (χ2v) is 5.30. The molecule has 2 aromatic rings. The van der Waals surface area contributed by atoms with Gasteiger partial charge < -0.3 is 5.32 Å². The Balaban J connectivity index is 2.16. The number of likely N-dealkylation sites (N-methyl/N-ethyl adjacent to an activating group) is 1. The van der Waals surface area contributed by atoms with Crippen LogP contribution >= 0.6 is 11.6 Å². The van der Waals surface area contributed by atoms with E-state index in [1.807, 2.05) is 13.1 Å². The first-order valence-electron chi connectivity index (χ1n) is 6.84. The summed E-state index contributed by atoms with van der Waals surface area (Å²) in [7, 11) is 1.89. The molecule has 0 heterocycles. The number of benzene rings is 2. The molecule has 3 heteroatoms. The van der Waals surface area contributed by atoms with E-state index in [4.69, 9.17) is 11.6 Å². The van der Waals surface area contributed by atoms with Gasteiger partial charge in [0, 0.05) is 6.04 Å². The summed E-state index contributed by atoms with van der Waals surface area (Å²) in [4.78, 5) is 0. The number of hydrogen-bond acceptors (Lipinski definition) is 1. The van der Waals surface area contributed by atoms with Crippen LogP contribution in [0.1, 0.15) is 29.7 Å². The van der Waals surface area contributed by atoms with Crippen molar-refractivity contribution in [2.24, 2.45) is 0 Å². The van der Waals surface area contributed by atoms with E-state index in [9.17, 15) is 4.39 Å². The van der Waals surface area contributed by atoms with Crippen LogP contribution in [0.2, 0.25) is 5.02 Å². The quantitative estimate of drug-likeness (QED) is 0.852. The lowest BCUT2D eigenvalue weighted by molar-refractivity contribution is 0.577. The van der Waals surface area contributed by atoms with Crippen LogP contribution < -0.4 is 5.32 Å². The van der Waals surface area contributed by atoms with Crippen molar-refractivity contribution in [2.45, 2.75) is 25.8 Å². The zero-order valence-electron chi connectivity index (χ0n) is 11.8. The third-order valence-electron chi connectivity index (χ3n) is 3.57. The summed E-state index contributed by atoms with van der Waals surface area (Å²) in [5.74, 6) is -0.370. The van der Waals surface area contributed by atoms with Gasteiger partial charge in [-0.25, -0.2) is 4.39 Å². The largest absolute Gasteiger partial charge is 0.313 e. The van der Waals surface area contributed by atoms with E-state index in [2.05, 4.69) is 36.5 Å². The van der Waals surface area contributed by atoms with Crippen molar-refractivity contribution >= 4 is 11.6 Å². The average Bonchev–Trinajstić information content (AvgIpc) is 2.48. The summed E-state index contributed by atoms with van der Waals surface area (Å²) in [6, 6.07) is 13.6. The number of hydrogen-bond donors (Lipinski definition) is 1. The van der Waals surface area contributed by atoms with Crippen molar-refractivity contribution in [3.8, 4) is 0 Å². The minimum Gasteiger partial charge on any atom is -0.313 e. The van der Waals surface area contributed by atoms with E-state index in [1.54, 1.807) is 6.07 Å². The molecular weight excluding hydrogens is 273 g/mol. The molecule has 0 radical (unpaired) electrons. The standard InChI is InChI=1S/C17H19ClFN/c1-3-12-4-6-13(7-5-12)10-17(20-2)14-8-9-15(18)16(19)11-14/h4-9,11,17,20H,3,10H2,1-2H3. The smallest absolute Gasteiger partial charge is 0.142 e. The summed E-state index contributed by atoms with van der Waals surface area (Å²) in [6.07, 6.45) is 1.86. The Hall–Kier alpha value is -1.38. The monoisotopic (exact) mass is 291 g/mol. The summed E-state index contributed by atoms with van der Waals surface area (Å²) >= 11 is 5.73. The van der Waals surface area contributed by atoms with Gasteiger partial charge in [-0.1, -0.05) is 48.9 Å². The Morgan fingerprint density at radius 2 is 1.75 bits per heavy atom. The molecule has 106 valence electrons. The fourth-order valence-electron chi connectivity index (χ4n) is 2.26. The van der Waals surface area contributed by atoms with Crippen LogP contribution in [0.3, 0.4) is 0 Å². The van der Waals surface area contributed by atoms with Gasteiger partial charge in [0.1, 0.15) is 5.82 Å². The summed E-state index contributed by atoms with van der Waals surface area (Å²) < 4.78 is 13.6. The van der Waals surface area contributed by atoms with Crippen molar-refractivity contribution in [1.82, 2.24) is 5.32 Å². The molecule has 1 nitrogen and oxygen atoms in total. The lowest BCUT2D eigenvalue weighted by Crippen LogP contribution is -2.19. The van der Waals surface area contributed by atoms with Crippen LogP contribution in [-0.2, 0) is 12.8 Å². The van der Waals surface area contributed by atoms with Crippen molar-refractivity contribution < 1.29 is 4.39 Å². The predicted octanol–water partition coefficient (Wildman–Crippen LogP) is 4.54. The maximum absolute atomic E-state index is 13.6. The molecule has 0 amide bonds. The molecule has 0 aliphatic carbocycles. The van der Waals surface area contributed by atoms with Gasteiger partial charge in [-0.15, -0.1) is 0 Å². The van der Waals surface area contributed by atoms with Gasteiger partial charge in [0.25, 0.3) is 0 Å². The topological polar surface area (TPSA) is 12.0 Å². The van der Waals surface area contributed by atoms with E-state index >= 15 is 0 Å². The molecule has 0 aliphatic heterocycles. The van der Waals surface area contributed by atoms with Crippen LogP contribution in [0.4, 0.5) is 4.39 Å². The Labute approximate surface area is 124 Å². The highest BCUT2D eigenvalue weighted by Crippen LogP contribution is 2.23. The second kappa shape index (κ2) is 6.87. The van der Waals surface area contributed by atoms with Crippen LogP contribution in [0.5, 0.6) is 0 Å². The zero-order chi connectivity index (χ0) is 14.5. The molecule has 1 unspecified atom stereocenters. The summed E-state index contributed by atoms with van der Waals surface area (Å²) in [5, 5.41) is 3.40. The molecule has 0 saturated carbocycles. The molecule has 0 bridgehead atoms. The Kier molecular flexibility index (Phi) is 5.16. The minimum absolute atomic E-state index is 0.0780. The molecule has 0 aliphatic rings. The van der Waals surface area contributed by atoms with Gasteiger partial charge in [0.15, 0.2) is 0 Å². The number of aryl methyl sites for hydroxylation is 1. The predicted molar refractivity (Wildman–Crippen MR) is 82.7 cm³/mol. The van der Waals surface area contributed by atoms with E-state index in [1.165, 1.54) is 17.2 Å². The highest BCUT2D eigenvalue weighted by molar-refractivity contribution is 6.30. The van der Waals surface area contributed by atoms with Gasteiger partial charge in [-0.3, -0.25) is 0 Å². The molecule has 2 rings (SSSR count). The molecule has 1 N–H and O–H groups in total. The van der Waals surface area contributed by atoms with E-state index in [0.717, 1.165) is 18.4 Å². The molecule has 0 aromatic heterocycles. The Morgan fingerprint density at radius 1 is 1.10 bits per heavy atom. The fraction of sp³-hybridized carbons (Fsp3) is 0.294. The van der Waals surface area contributed by atoms with Crippen molar-refractivity contribution in [3.05, 3.63) is 70.0 Å². The first-order valence-corrected chi connectivity index (χ1v) is 7.22. The summed E-state index contributed by atoms with van der Waals surface area (Å²) in [6.45, 7) is 2.14. The molecule has 2 aromatic carbocycles. The number of rotatable bonds is 5. The van der Waals surface area contributed by atoms with Crippen molar-refractivity contribution in [2.75, 3.05) is 7.05 Å². The van der Waals surface area contributed by atoms with Crippen molar-refractivity contribution in [1.29, 1.82) is 0 Å². The average molecular weight is 292 g/mol. The van der Waals surface area contributed by atoms with Gasteiger partial charge in [0.2, 0.25) is 0 Å². The Bertz CT molecular complexity index is 566. The van der Waals surface area contributed by atoms with Crippen LogP contribution in [0.25, 0.3) is 0 Å². The normalized spacial score (nSPS) is 12.4. The molecular formula is C17H19ClFN. The SMILES string of the molecule is CCc1ccc(CC(NC)c2ccc(Cl)c(F)c2)cc1. The van der Waals surface area contributed by atoms with Crippen LogP contribution in [0, 0.1) is 5.82 Å². The second-order valence-electron chi connectivity index (χ2n) is 4.89. The molecule has 0 saturated heterocycles. The first kappa shape index (κ1) is 15.0. The summed E-state index contributed by atoms with van der Waals surface area (Å²) in [5.41, 5.74) is 3.47. The van der Waals surface area contributed by atoms with Gasteiger partial charge in [-0.2, -0.15) is 0 Å². The molecule has 20 heavy (non-hydrogen) atoms. The molecule has 0 spiro atoms. The first-order chi connectivity index (χ1) is 9.63. The van der Waals surface area contributed by atoms with Gasteiger partial charge >= 0.3 is 0 Å². The van der Waals surface area contributed by atoms with E-state index < -0.39 is 0 Å². The van der Waals surface area contributed by atoms with Gasteiger partial charge in [0.05, 0.1) is 5.02 Å². The maximum Gasteiger partial charge on any atom is 0.142 e. The number of halogens is 2. The maximum atomic E-state index is 13.6. The fourth-order valence-corrected chi connectivity index (χ4v) is 2.38. The highest BCUT2D eigenvalue weighted by atomic mass is 35.5. The Morgan fingerprint density at radius 3 is 2.30 bits per heavy atom. The van der Waals surface area contributed by atoms with Crippen LogP contribution in [0.15, 0.2) is 42.5 Å². The zero-order valence-corrected chi connectivity index (χ0v) is 12.5. The van der Waals surface area contributed by atoms with E-state index in [0.29, 0.717) is 0 Å². The van der Waals surface area contributed by atoms with Crippen LogP contribution in [-0.4, -0.2) is 7.05 Å². The van der Waals surface area contributed by atoms with E-state index in [-0.39, 0.29) is 16.9 Å². The third kappa shape index (κ3) is 3.59. The lowest BCUT2D eigenvalue weighted by Gasteiger charge is -2.17. The molecule has 0 fully saturated rings. The van der Waals surface area contributed by atoms with Gasteiger partial charge in [-0.05, 0) is 48.7 Å². The lowest BCUT2D eigenvalue weighted by atomic mass is 9.98. The minimum atomic E-state index is -0.370. The molecule has 1 atom stereocenters. The third-order valence-corrected chi connectivity index (χ3v) is 3.87. The highest BCUT2D eigenvalue weighted by Gasteiger charge is 2.12.